The highest BCUT2D eigenvalue weighted by Gasteiger charge is 2.22. The van der Waals surface area contributed by atoms with E-state index < -0.39 is 27.1 Å². The molecule has 1 amide bonds. The van der Waals surface area contributed by atoms with E-state index in [0.717, 1.165) is 18.2 Å². The Hall–Kier alpha value is -4.95. The maximum Gasteiger partial charge on any atom is 0.318 e. The molecule has 1 N–H and O–H groups in total. The predicted octanol–water partition coefficient (Wildman–Crippen LogP) is 5.50. The molecule has 11 nitrogen and oxygen atoms in total. The molecule has 0 fully saturated rings. The molecule has 0 bridgehead atoms. The lowest BCUT2D eigenvalue weighted by atomic mass is 10.1. The van der Waals surface area contributed by atoms with Crippen LogP contribution in [0.3, 0.4) is 0 Å². The number of carbonyl (C=O) groups excluding carboxylic acids is 1. The van der Waals surface area contributed by atoms with E-state index >= 15 is 0 Å². The topological polar surface area (TPSA) is 158 Å². The van der Waals surface area contributed by atoms with Crippen LogP contribution in [0.25, 0.3) is 6.08 Å². The summed E-state index contributed by atoms with van der Waals surface area (Å²) in [5, 5.41) is 34.7. The highest BCUT2D eigenvalue weighted by molar-refractivity contribution is 6.31. The lowest BCUT2D eigenvalue weighted by Crippen LogP contribution is -2.13. The minimum absolute atomic E-state index is 0.0727. The first-order valence-electron chi connectivity index (χ1n) is 9.69. The molecular weight excluding hydrogens is 480 g/mol. The predicted molar refractivity (Wildman–Crippen MR) is 126 cm³/mol. The molecule has 12 heteroatoms. The number of anilines is 1. The zero-order valence-electron chi connectivity index (χ0n) is 17.9. The SMILES string of the molecule is COc1cc(/C=C(\C#N)C(=O)Nc2cccc(Cl)c2)ccc1Oc1ccc([N+](=O)[O-])cc1[N+](=O)[O-]. The Bertz CT molecular complexity index is 1400. The summed E-state index contributed by atoms with van der Waals surface area (Å²) in [5.41, 5.74) is -0.446. The summed E-state index contributed by atoms with van der Waals surface area (Å²) >= 11 is 5.90. The molecule has 0 aliphatic carbocycles. The molecule has 0 aliphatic rings. The number of hydrogen-bond donors (Lipinski definition) is 1. The number of ether oxygens (including phenoxy) is 2. The average Bonchev–Trinajstić information content (AvgIpc) is 2.83. The first kappa shape index (κ1) is 24.7. The third-order valence-corrected chi connectivity index (χ3v) is 4.75. The molecule has 0 spiro atoms. The number of nitriles is 1. The monoisotopic (exact) mass is 494 g/mol. The fraction of sp³-hybridized carbons (Fsp3) is 0.0435. The van der Waals surface area contributed by atoms with Crippen LogP contribution < -0.4 is 14.8 Å². The molecule has 3 aromatic carbocycles. The van der Waals surface area contributed by atoms with Crippen LogP contribution >= 0.6 is 11.6 Å². The third kappa shape index (κ3) is 6.10. The number of nitrogens with one attached hydrogen (secondary N) is 1. The second-order valence-electron chi connectivity index (χ2n) is 6.81. The van der Waals surface area contributed by atoms with E-state index in [4.69, 9.17) is 21.1 Å². The van der Waals surface area contributed by atoms with Crippen LogP contribution in [0, 0.1) is 31.6 Å². The quantitative estimate of drug-likeness (QED) is 0.186. The van der Waals surface area contributed by atoms with Gasteiger partial charge in [-0.15, -0.1) is 0 Å². The van der Waals surface area contributed by atoms with Crippen molar-refractivity contribution in [1.29, 1.82) is 5.26 Å². The number of amides is 1. The van der Waals surface area contributed by atoms with E-state index in [2.05, 4.69) is 5.32 Å². The van der Waals surface area contributed by atoms with Crippen LogP contribution in [0.1, 0.15) is 5.56 Å². The number of rotatable bonds is 8. The standard InChI is InChI=1S/C23H15ClN4O7/c1-34-22-10-14(9-15(13-25)23(29)26-17-4-2-3-16(24)11-17)5-7-21(22)35-20-8-6-18(27(30)31)12-19(20)28(32)33/h2-12H,1H3,(H,26,29)/b15-9+. The smallest absolute Gasteiger partial charge is 0.318 e. The lowest BCUT2D eigenvalue weighted by Gasteiger charge is -2.11. The molecule has 35 heavy (non-hydrogen) atoms. The molecule has 0 aliphatic heterocycles. The van der Waals surface area contributed by atoms with Crippen molar-refractivity contribution in [2.75, 3.05) is 12.4 Å². The maximum absolute atomic E-state index is 12.5. The summed E-state index contributed by atoms with van der Waals surface area (Å²) < 4.78 is 10.9. The molecule has 0 saturated heterocycles. The van der Waals surface area contributed by atoms with E-state index in [1.165, 1.54) is 37.5 Å². The zero-order valence-corrected chi connectivity index (χ0v) is 18.7. The van der Waals surface area contributed by atoms with Crippen molar-refractivity contribution >= 4 is 40.6 Å². The number of non-ortho nitro benzene ring substituents is 1. The van der Waals surface area contributed by atoms with Gasteiger partial charge >= 0.3 is 5.69 Å². The second-order valence-corrected chi connectivity index (χ2v) is 7.25. The molecule has 3 rings (SSSR count). The Morgan fingerprint density at radius 2 is 1.77 bits per heavy atom. The Morgan fingerprint density at radius 3 is 2.40 bits per heavy atom. The van der Waals surface area contributed by atoms with Crippen LogP contribution in [0.4, 0.5) is 17.1 Å². The molecular formula is C23H15ClN4O7. The minimum Gasteiger partial charge on any atom is -0.493 e. The van der Waals surface area contributed by atoms with Crippen LogP contribution in [0.5, 0.6) is 17.2 Å². The molecule has 0 aromatic heterocycles. The number of carbonyl (C=O) groups is 1. The van der Waals surface area contributed by atoms with Crippen molar-refractivity contribution in [1.82, 2.24) is 0 Å². The fourth-order valence-corrected chi connectivity index (χ4v) is 3.10. The first-order valence-corrected chi connectivity index (χ1v) is 10.1. The minimum atomic E-state index is -0.802. The molecule has 0 saturated carbocycles. The van der Waals surface area contributed by atoms with E-state index in [-0.39, 0.29) is 22.8 Å². The van der Waals surface area contributed by atoms with Crippen LogP contribution in [-0.4, -0.2) is 22.9 Å². The van der Waals surface area contributed by atoms with Crippen LogP contribution in [0.2, 0.25) is 5.02 Å². The van der Waals surface area contributed by atoms with Gasteiger partial charge in [0.05, 0.1) is 23.0 Å². The van der Waals surface area contributed by atoms with Gasteiger partial charge in [-0.1, -0.05) is 23.7 Å². The Kier molecular flexibility index (Phi) is 7.60. The van der Waals surface area contributed by atoms with E-state index in [1.807, 2.05) is 6.07 Å². The number of halogens is 1. The van der Waals surface area contributed by atoms with Crippen molar-refractivity contribution < 1.29 is 24.1 Å². The van der Waals surface area contributed by atoms with E-state index in [0.29, 0.717) is 16.3 Å². The van der Waals surface area contributed by atoms with Crippen molar-refractivity contribution in [3.63, 3.8) is 0 Å². The number of hydrogen-bond acceptors (Lipinski definition) is 8. The number of nitrogens with zero attached hydrogens (tertiary/aromatic N) is 3. The van der Waals surface area contributed by atoms with E-state index in [1.54, 1.807) is 18.2 Å². The van der Waals surface area contributed by atoms with Gasteiger partial charge in [-0.3, -0.25) is 25.0 Å². The van der Waals surface area contributed by atoms with Crippen molar-refractivity contribution in [3.8, 4) is 23.3 Å². The molecule has 0 unspecified atom stereocenters. The first-order chi connectivity index (χ1) is 16.7. The summed E-state index contributed by atoms with van der Waals surface area (Å²) in [6, 6.07) is 15.6. The lowest BCUT2D eigenvalue weighted by molar-refractivity contribution is -0.394. The second kappa shape index (κ2) is 10.8. The number of methoxy groups -OCH3 is 1. The van der Waals surface area contributed by atoms with Crippen molar-refractivity contribution in [3.05, 3.63) is 97.1 Å². The summed E-state index contributed by atoms with van der Waals surface area (Å²) in [7, 11) is 1.33. The number of benzene rings is 3. The Labute approximate surface area is 203 Å². The Morgan fingerprint density at radius 1 is 1.03 bits per heavy atom. The van der Waals surface area contributed by atoms with Gasteiger partial charge < -0.3 is 14.8 Å². The van der Waals surface area contributed by atoms with Gasteiger partial charge in [0.2, 0.25) is 5.75 Å². The summed E-state index contributed by atoms with van der Waals surface area (Å²) in [5.74, 6) is -0.682. The van der Waals surface area contributed by atoms with Gasteiger partial charge in [0.25, 0.3) is 11.6 Å². The Balaban J connectivity index is 1.88. The molecule has 0 heterocycles. The largest absolute Gasteiger partial charge is 0.493 e. The van der Waals surface area contributed by atoms with Gasteiger partial charge in [0.15, 0.2) is 11.5 Å². The van der Waals surface area contributed by atoms with Gasteiger partial charge in [-0.2, -0.15) is 5.26 Å². The highest BCUT2D eigenvalue weighted by atomic mass is 35.5. The summed E-state index contributed by atoms with van der Waals surface area (Å²) in [6.07, 6.45) is 1.32. The normalized spacial score (nSPS) is 10.7. The fourth-order valence-electron chi connectivity index (χ4n) is 2.90. The third-order valence-electron chi connectivity index (χ3n) is 4.52. The van der Waals surface area contributed by atoms with Gasteiger partial charge in [0, 0.05) is 16.8 Å². The summed E-state index contributed by atoms with van der Waals surface area (Å²) in [4.78, 5) is 33.2. The maximum atomic E-state index is 12.5. The van der Waals surface area contributed by atoms with Crippen molar-refractivity contribution in [2.45, 2.75) is 0 Å². The van der Waals surface area contributed by atoms with Gasteiger partial charge in [0.1, 0.15) is 11.6 Å². The molecule has 3 aromatic rings. The highest BCUT2D eigenvalue weighted by Crippen LogP contribution is 2.38. The molecule has 176 valence electrons. The average molecular weight is 495 g/mol. The molecule has 0 atom stereocenters. The van der Waals surface area contributed by atoms with Crippen molar-refractivity contribution in [2.24, 2.45) is 0 Å². The van der Waals surface area contributed by atoms with E-state index in [9.17, 15) is 30.3 Å². The number of nitro benzene ring substituents is 2. The van der Waals surface area contributed by atoms with Crippen LogP contribution in [-0.2, 0) is 4.79 Å². The van der Waals surface area contributed by atoms with Gasteiger partial charge in [-0.05, 0) is 48.0 Å². The number of nitro groups is 2. The zero-order chi connectivity index (χ0) is 25.5. The summed E-state index contributed by atoms with van der Waals surface area (Å²) in [6.45, 7) is 0. The van der Waals surface area contributed by atoms with Crippen LogP contribution in [0.15, 0.2) is 66.2 Å². The molecule has 0 radical (unpaired) electrons. The van der Waals surface area contributed by atoms with Gasteiger partial charge in [-0.25, -0.2) is 0 Å².